The Morgan fingerprint density at radius 1 is 0.919 bits per heavy atom. The summed E-state index contributed by atoms with van der Waals surface area (Å²) in [5, 5.41) is 20.7. The highest BCUT2D eigenvalue weighted by Gasteiger charge is 2.33. The van der Waals surface area contributed by atoms with Crippen LogP contribution in [0.15, 0.2) is 48.5 Å². The summed E-state index contributed by atoms with van der Waals surface area (Å²) in [5.74, 6) is -0.722. The molecule has 200 valence electrons. The van der Waals surface area contributed by atoms with Gasteiger partial charge in [-0.1, -0.05) is 36.4 Å². The van der Waals surface area contributed by atoms with Gasteiger partial charge in [-0.25, -0.2) is 5.48 Å². The molecule has 37 heavy (non-hydrogen) atoms. The van der Waals surface area contributed by atoms with Gasteiger partial charge in [0.15, 0.2) is 6.29 Å². The lowest BCUT2D eigenvalue weighted by atomic mass is 9.99. The van der Waals surface area contributed by atoms with E-state index in [1.165, 1.54) is 0 Å². The van der Waals surface area contributed by atoms with Gasteiger partial charge in [-0.05, 0) is 29.7 Å². The molecule has 2 heterocycles. The minimum Gasteiger partial charge on any atom is -0.392 e. The number of carbonyl (C=O) groups is 2. The second-order valence-corrected chi connectivity index (χ2v) is 9.32. The first-order valence-corrected chi connectivity index (χ1v) is 12.7. The predicted octanol–water partition coefficient (Wildman–Crippen LogP) is 2.67. The van der Waals surface area contributed by atoms with E-state index in [0.29, 0.717) is 12.1 Å². The minimum atomic E-state index is -0.566. The van der Waals surface area contributed by atoms with Gasteiger partial charge in [-0.3, -0.25) is 19.7 Å². The Hall–Kier alpha value is -2.86. The van der Waals surface area contributed by atoms with Gasteiger partial charge in [0.1, 0.15) is 0 Å². The smallest absolute Gasteiger partial charge is 0.243 e. The maximum absolute atomic E-state index is 12.2. The van der Waals surface area contributed by atoms with E-state index in [1.807, 2.05) is 36.4 Å². The Morgan fingerprint density at radius 2 is 1.59 bits per heavy atom. The van der Waals surface area contributed by atoms with Crippen molar-refractivity contribution >= 4 is 17.5 Å². The third-order valence-corrected chi connectivity index (χ3v) is 6.58. The summed E-state index contributed by atoms with van der Waals surface area (Å²) in [6, 6.07) is 15.2. The van der Waals surface area contributed by atoms with Crippen LogP contribution in [0.2, 0.25) is 0 Å². The normalized spacial score (nSPS) is 22.4. The van der Waals surface area contributed by atoms with E-state index in [4.69, 9.17) is 19.4 Å². The molecule has 4 rings (SSSR count). The maximum atomic E-state index is 12.2. The molecule has 2 saturated heterocycles. The van der Waals surface area contributed by atoms with Crippen molar-refractivity contribution in [2.24, 2.45) is 0 Å². The molecule has 4 N–H and O–H groups in total. The topological polar surface area (TPSA) is 130 Å². The van der Waals surface area contributed by atoms with Crippen molar-refractivity contribution in [2.75, 3.05) is 38.2 Å². The Bertz CT molecular complexity index is 1010. The summed E-state index contributed by atoms with van der Waals surface area (Å²) in [6.45, 7) is 3.98. The number of hydrogen-bond donors (Lipinski definition) is 4. The SMILES string of the molecule is O=C(CCCC(=O)Nc1ccc([C@@H]2O[C@H](CN3CCOCC3)C[C@H](c3ccc(CO)cc3)O2)cc1)NO. The molecule has 0 aliphatic carbocycles. The standard InChI is InChI=1S/C27H35N3O7/c31-18-19-4-6-20(7-5-19)24-16-23(17-30-12-14-35-15-13-30)36-27(37-24)21-8-10-22(11-9-21)28-25(32)2-1-3-26(33)29-34/h4-11,23-24,27,31,34H,1-3,12-18H2,(H,28,32)(H,29,33)/t23-,24+,27+/m0/s1. The third-order valence-electron chi connectivity index (χ3n) is 6.58. The van der Waals surface area contributed by atoms with Crippen molar-refractivity contribution in [3.63, 3.8) is 0 Å². The molecule has 0 radical (unpaired) electrons. The van der Waals surface area contributed by atoms with Gasteiger partial charge in [-0.15, -0.1) is 0 Å². The Balaban J connectivity index is 1.41. The highest BCUT2D eigenvalue weighted by molar-refractivity contribution is 5.91. The zero-order chi connectivity index (χ0) is 26.0. The molecular formula is C27H35N3O7. The van der Waals surface area contributed by atoms with Gasteiger partial charge < -0.3 is 24.6 Å². The molecule has 0 aromatic heterocycles. The van der Waals surface area contributed by atoms with E-state index in [2.05, 4.69) is 10.2 Å². The highest BCUT2D eigenvalue weighted by Crippen LogP contribution is 2.38. The summed E-state index contributed by atoms with van der Waals surface area (Å²) >= 11 is 0. The molecule has 0 spiro atoms. The van der Waals surface area contributed by atoms with Crippen LogP contribution in [-0.2, 0) is 30.4 Å². The average Bonchev–Trinajstić information content (AvgIpc) is 2.93. The summed E-state index contributed by atoms with van der Waals surface area (Å²) in [7, 11) is 0. The summed E-state index contributed by atoms with van der Waals surface area (Å²) < 4.78 is 18.3. The van der Waals surface area contributed by atoms with E-state index in [1.54, 1.807) is 17.6 Å². The number of aliphatic hydroxyl groups is 1. The molecule has 0 saturated carbocycles. The van der Waals surface area contributed by atoms with Crippen molar-refractivity contribution in [2.45, 2.75) is 50.8 Å². The molecule has 10 heteroatoms. The number of aliphatic hydroxyl groups excluding tert-OH is 1. The lowest BCUT2D eigenvalue weighted by Gasteiger charge is -2.39. The van der Waals surface area contributed by atoms with Crippen LogP contribution in [0.5, 0.6) is 0 Å². The van der Waals surface area contributed by atoms with E-state index in [0.717, 1.165) is 56.0 Å². The first kappa shape index (κ1) is 27.2. The van der Waals surface area contributed by atoms with Crippen LogP contribution >= 0.6 is 0 Å². The predicted molar refractivity (Wildman–Crippen MR) is 135 cm³/mol. The van der Waals surface area contributed by atoms with Crippen LogP contribution in [0.25, 0.3) is 0 Å². The summed E-state index contributed by atoms with van der Waals surface area (Å²) in [5.41, 5.74) is 4.93. The fraction of sp³-hybridized carbons (Fsp3) is 0.481. The number of amides is 2. The number of anilines is 1. The van der Waals surface area contributed by atoms with Crippen molar-refractivity contribution < 1.29 is 34.1 Å². The van der Waals surface area contributed by atoms with Crippen LogP contribution in [0.4, 0.5) is 5.69 Å². The lowest BCUT2D eigenvalue weighted by molar-refractivity contribution is -0.253. The first-order chi connectivity index (χ1) is 18.0. The van der Waals surface area contributed by atoms with Crippen LogP contribution in [-0.4, -0.2) is 66.0 Å². The lowest BCUT2D eigenvalue weighted by Crippen LogP contribution is -2.44. The van der Waals surface area contributed by atoms with Gasteiger partial charge in [0.25, 0.3) is 0 Å². The highest BCUT2D eigenvalue weighted by atomic mass is 16.7. The summed E-state index contributed by atoms with van der Waals surface area (Å²) in [6.07, 6.45) is 0.547. The van der Waals surface area contributed by atoms with Gasteiger partial charge in [0.2, 0.25) is 11.8 Å². The van der Waals surface area contributed by atoms with Crippen LogP contribution in [0.3, 0.4) is 0 Å². The zero-order valence-corrected chi connectivity index (χ0v) is 20.8. The number of hydroxylamine groups is 1. The van der Waals surface area contributed by atoms with Gasteiger partial charge in [0, 0.05) is 50.1 Å². The van der Waals surface area contributed by atoms with E-state index >= 15 is 0 Å². The number of rotatable bonds is 10. The van der Waals surface area contributed by atoms with Crippen molar-refractivity contribution in [3.8, 4) is 0 Å². The largest absolute Gasteiger partial charge is 0.392 e. The number of carbonyl (C=O) groups excluding carboxylic acids is 2. The fourth-order valence-corrected chi connectivity index (χ4v) is 4.52. The number of hydrogen-bond acceptors (Lipinski definition) is 8. The van der Waals surface area contributed by atoms with Gasteiger partial charge >= 0.3 is 0 Å². The van der Waals surface area contributed by atoms with E-state index in [9.17, 15) is 14.7 Å². The fourth-order valence-electron chi connectivity index (χ4n) is 4.52. The molecule has 0 bridgehead atoms. The average molecular weight is 514 g/mol. The van der Waals surface area contributed by atoms with Crippen molar-refractivity contribution in [1.82, 2.24) is 10.4 Å². The molecule has 0 unspecified atom stereocenters. The second kappa shape index (κ2) is 13.6. The number of nitrogens with zero attached hydrogens (tertiary/aromatic N) is 1. The minimum absolute atomic E-state index is 0.00191. The third kappa shape index (κ3) is 8.06. The molecule has 2 aliphatic rings. The van der Waals surface area contributed by atoms with Crippen LogP contribution < -0.4 is 10.8 Å². The molecule has 10 nitrogen and oxygen atoms in total. The Morgan fingerprint density at radius 3 is 2.27 bits per heavy atom. The molecular weight excluding hydrogens is 478 g/mol. The molecule has 2 aromatic rings. The summed E-state index contributed by atoms with van der Waals surface area (Å²) in [4.78, 5) is 25.6. The molecule has 2 aliphatic heterocycles. The molecule has 3 atom stereocenters. The van der Waals surface area contributed by atoms with Crippen LogP contribution in [0.1, 0.15) is 54.8 Å². The van der Waals surface area contributed by atoms with Crippen molar-refractivity contribution in [1.29, 1.82) is 0 Å². The molecule has 2 aromatic carbocycles. The second-order valence-electron chi connectivity index (χ2n) is 9.32. The van der Waals surface area contributed by atoms with Gasteiger partial charge in [0.05, 0.1) is 32.0 Å². The quantitative estimate of drug-likeness (QED) is 0.282. The first-order valence-electron chi connectivity index (χ1n) is 12.7. The number of nitrogens with one attached hydrogen (secondary N) is 2. The molecule has 2 fully saturated rings. The van der Waals surface area contributed by atoms with Gasteiger partial charge in [-0.2, -0.15) is 0 Å². The van der Waals surface area contributed by atoms with Crippen LogP contribution in [0, 0.1) is 0 Å². The number of ether oxygens (including phenoxy) is 3. The number of benzene rings is 2. The Kier molecular flexibility index (Phi) is 10.0. The zero-order valence-electron chi connectivity index (χ0n) is 20.8. The molecule has 2 amide bonds. The van der Waals surface area contributed by atoms with E-state index < -0.39 is 12.2 Å². The maximum Gasteiger partial charge on any atom is 0.243 e. The number of morpholine rings is 1. The monoisotopic (exact) mass is 513 g/mol. The van der Waals surface area contributed by atoms with E-state index in [-0.39, 0.29) is 37.6 Å². The Labute approximate surface area is 216 Å². The van der Waals surface area contributed by atoms with Crippen molar-refractivity contribution in [3.05, 3.63) is 65.2 Å².